The molecule has 83 heavy (non-hydrogen) atoms. The summed E-state index contributed by atoms with van der Waals surface area (Å²) < 4.78 is 5.52. The van der Waals surface area contributed by atoms with Crippen LogP contribution in [0.15, 0.2) is 12.2 Å². The van der Waals surface area contributed by atoms with Gasteiger partial charge in [0.2, 0.25) is 5.91 Å². The van der Waals surface area contributed by atoms with Crippen LogP contribution in [0.5, 0.6) is 0 Å². The molecule has 2 unspecified atom stereocenters. The van der Waals surface area contributed by atoms with E-state index in [-0.39, 0.29) is 18.5 Å². The highest BCUT2D eigenvalue weighted by atomic mass is 16.5. The Labute approximate surface area is 520 Å². The van der Waals surface area contributed by atoms with Crippen LogP contribution in [0.4, 0.5) is 0 Å². The van der Waals surface area contributed by atoms with Crippen LogP contribution in [-0.4, -0.2) is 47.4 Å². The van der Waals surface area contributed by atoms with E-state index in [1.165, 1.54) is 372 Å². The number of carbonyl (C=O) groups excluding carboxylic acids is 2. The molecule has 2 atom stereocenters. The number of aliphatic hydroxyl groups excluding tert-OH is 2. The first-order valence-corrected chi connectivity index (χ1v) is 38.4. The number of esters is 1. The molecular weight excluding hydrogens is 1020 g/mol. The standard InChI is InChI=1S/C77H151NO5/c1-3-5-7-9-11-13-15-17-19-21-39-43-47-51-55-59-63-67-71-77(82)83-72-68-64-60-56-52-48-44-40-37-35-33-31-29-27-25-23-22-24-26-28-30-32-34-36-38-42-46-50-54-58-62-66-70-76(81)78-74(73-79)75(80)69-65-61-57-53-49-45-41-20-18-16-14-12-10-8-6-4-2/h25,27,74-75,79-80H,3-24,26,28-73H2,1-2H3,(H,78,81)/b27-25-. The Hall–Kier alpha value is -1.40. The lowest BCUT2D eigenvalue weighted by Crippen LogP contribution is -2.45. The maximum absolute atomic E-state index is 12.5. The van der Waals surface area contributed by atoms with Crippen molar-refractivity contribution in [3.8, 4) is 0 Å². The van der Waals surface area contributed by atoms with Gasteiger partial charge in [0.05, 0.1) is 25.4 Å². The average molecular weight is 1170 g/mol. The van der Waals surface area contributed by atoms with E-state index in [4.69, 9.17) is 4.74 Å². The van der Waals surface area contributed by atoms with Crippen molar-refractivity contribution in [3.63, 3.8) is 0 Å². The number of rotatable bonds is 73. The monoisotopic (exact) mass is 1170 g/mol. The van der Waals surface area contributed by atoms with Gasteiger partial charge in [-0.3, -0.25) is 9.59 Å². The van der Waals surface area contributed by atoms with E-state index in [9.17, 15) is 19.8 Å². The quantitative estimate of drug-likeness (QED) is 0.0320. The fourth-order valence-corrected chi connectivity index (χ4v) is 12.5. The molecule has 0 aromatic rings. The summed E-state index contributed by atoms with van der Waals surface area (Å²) in [4.78, 5) is 24.6. The van der Waals surface area contributed by atoms with Crippen molar-refractivity contribution in [2.45, 2.75) is 456 Å². The van der Waals surface area contributed by atoms with Gasteiger partial charge >= 0.3 is 5.97 Å². The minimum absolute atomic E-state index is 0.0238. The highest BCUT2D eigenvalue weighted by Crippen LogP contribution is 2.20. The average Bonchev–Trinajstić information content (AvgIpc) is 3.49. The summed E-state index contributed by atoms with van der Waals surface area (Å²) in [6.45, 7) is 5.01. The highest BCUT2D eigenvalue weighted by molar-refractivity contribution is 5.76. The number of allylic oxidation sites excluding steroid dienone is 2. The van der Waals surface area contributed by atoms with Gasteiger partial charge in [0.1, 0.15) is 0 Å². The number of unbranched alkanes of at least 4 members (excludes halogenated alkanes) is 60. The van der Waals surface area contributed by atoms with Crippen LogP contribution >= 0.6 is 0 Å². The second kappa shape index (κ2) is 73.1. The lowest BCUT2D eigenvalue weighted by atomic mass is 10.0. The third-order valence-electron chi connectivity index (χ3n) is 18.3. The van der Waals surface area contributed by atoms with Gasteiger partial charge in [-0.2, -0.15) is 0 Å². The van der Waals surface area contributed by atoms with Crippen molar-refractivity contribution in [2.24, 2.45) is 0 Å². The predicted octanol–water partition coefficient (Wildman–Crippen LogP) is 25.1. The van der Waals surface area contributed by atoms with Crippen molar-refractivity contribution in [2.75, 3.05) is 13.2 Å². The first kappa shape index (κ1) is 81.6. The Morgan fingerprint density at radius 3 is 0.855 bits per heavy atom. The van der Waals surface area contributed by atoms with Gasteiger partial charge in [0, 0.05) is 12.8 Å². The normalized spacial score (nSPS) is 12.5. The molecule has 0 spiro atoms. The molecule has 0 heterocycles. The van der Waals surface area contributed by atoms with Crippen molar-refractivity contribution < 1.29 is 24.5 Å². The van der Waals surface area contributed by atoms with Crippen LogP contribution in [0.1, 0.15) is 444 Å². The zero-order chi connectivity index (χ0) is 59.9. The summed E-state index contributed by atoms with van der Waals surface area (Å²) in [5.41, 5.74) is 0. The maximum atomic E-state index is 12.5. The molecule has 1 amide bonds. The van der Waals surface area contributed by atoms with Crippen LogP contribution in [0, 0.1) is 0 Å². The Kier molecular flexibility index (Phi) is 71.8. The van der Waals surface area contributed by atoms with Crippen LogP contribution < -0.4 is 5.32 Å². The number of carbonyl (C=O) groups is 2. The van der Waals surface area contributed by atoms with Crippen molar-refractivity contribution in [3.05, 3.63) is 12.2 Å². The number of aliphatic hydroxyl groups is 2. The van der Waals surface area contributed by atoms with Crippen LogP contribution in [0.2, 0.25) is 0 Å². The topological polar surface area (TPSA) is 95.9 Å². The number of nitrogens with one attached hydrogen (secondary N) is 1. The molecular formula is C77H151NO5. The van der Waals surface area contributed by atoms with Gasteiger partial charge in [0.15, 0.2) is 0 Å². The van der Waals surface area contributed by atoms with Gasteiger partial charge in [-0.1, -0.05) is 392 Å². The third-order valence-corrected chi connectivity index (χ3v) is 18.3. The van der Waals surface area contributed by atoms with Gasteiger partial charge in [-0.25, -0.2) is 0 Å². The molecule has 494 valence electrons. The fourth-order valence-electron chi connectivity index (χ4n) is 12.5. The van der Waals surface area contributed by atoms with Gasteiger partial charge < -0.3 is 20.3 Å². The van der Waals surface area contributed by atoms with Crippen molar-refractivity contribution >= 4 is 11.9 Å². The van der Waals surface area contributed by atoms with E-state index in [0.29, 0.717) is 25.9 Å². The number of ether oxygens (including phenoxy) is 1. The van der Waals surface area contributed by atoms with E-state index in [2.05, 4.69) is 31.3 Å². The molecule has 0 saturated heterocycles. The fraction of sp³-hybridized carbons (Fsp3) is 0.948. The number of hydrogen-bond acceptors (Lipinski definition) is 5. The van der Waals surface area contributed by atoms with Crippen molar-refractivity contribution in [1.82, 2.24) is 5.32 Å². The molecule has 6 nitrogen and oxygen atoms in total. The predicted molar refractivity (Wildman–Crippen MR) is 366 cm³/mol. The van der Waals surface area contributed by atoms with Crippen LogP contribution in [0.25, 0.3) is 0 Å². The molecule has 0 aromatic heterocycles. The molecule has 0 aromatic carbocycles. The zero-order valence-electron chi connectivity index (χ0n) is 56.7. The van der Waals surface area contributed by atoms with E-state index < -0.39 is 12.1 Å². The van der Waals surface area contributed by atoms with E-state index in [1.54, 1.807) is 0 Å². The largest absolute Gasteiger partial charge is 0.466 e. The molecule has 0 aliphatic heterocycles. The Morgan fingerprint density at radius 2 is 0.566 bits per heavy atom. The first-order chi connectivity index (χ1) is 41.0. The molecule has 6 heteroatoms. The molecule has 0 saturated carbocycles. The SMILES string of the molecule is CCCCCCCCCCCCCCCCCCCCC(=O)OCCCCCCCCCCCCCC/C=C\CCCCCCCCCCCCCCCCCCC(=O)NC(CO)C(O)CCCCCCCCCCCCCCCCCC. The minimum atomic E-state index is -0.662. The minimum Gasteiger partial charge on any atom is -0.466 e. The summed E-state index contributed by atoms with van der Waals surface area (Å²) in [5, 5.41) is 23.4. The second-order valence-corrected chi connectivity index (χ2v) is 26.7. The van der Waals surface area contributed by atoms with E-state index in [0.717, 1.165) is 38.5 Å². The number of amides is 1. The lowest BCUT2D eigenvalue weighted by molar-refractivity contribution is -0.143. The molecule has 0 fully saturated rings. The Morgan fingerprint density at radius 1 is 0.325 bits per heavy atom. The lowest BCUT2D eigenvalue weighted by Gasteiger charge is -2.22. The molecule has 0 bridgehead atoms. The highest BCUT2D eigenvalue weighted by Gasteiger charge is 2.20. The maximum Gasteiger partial charge on any atom is 0.305 e. The van der Waals surface area contributed by atoms with Gasteiger partial charge in [-0.05, 0) is 51.4 Å². The zero-order valence-corrected chi connectivity index (χ0v) is 56.7. The van der Waals surface area contributed by atoms with Crippen LogP contribution in [-0.2, 0) is 14.3 Å². The smallest absolute Gasteiger partial charge is 0.305 e. The molecule has 0 rings (SSSR count). The Balaban J connectivity index is 3.33. The Bertz CT molecular complexity index is 1260. The molecule has 0 radical (unpaired) electrons. The molecule has 3 N–H and O–H groups in total. The summed E-state index contributed by atoms with van der Waals surface area (Å²) in [6, 6.07) is -0.539. The van der Waals surface area contributed by atoms with Gasteiger partial charge in [-0.15, -0.1) is 0 Å². The van der Waals surface area contributed by atoms with E-state index >= 15 is 0 Å². The van der Waals surface area contributed by atoms with E-state index in [1.807, 2.05) is 0 Å². The second-order valence-electron chi connectivity index (χ2n) is 26.7. The van der Waals surface area contributed by atoms with Gasteiger partial charge in [0.25, 0.3) is 0 Å². The summed E-state index contributed by atoms with van der Waals surface area (Å²) >= 11 is 0. The summed E-state index contributed by atoms with van der Waals surface area (Å²) in [5.74, 6) is -0.00443. The van der Waals surface area contributed by atoms with Crippen LogP contribution in [0.3, 0.4) is 0 Å². The molecule has 0 aliphatic carbocycles. The first-order valence-electron chi connectivity index (χ1n) is 38.4. The number of hydrogen-bond donors (Lipinski definition) is 3. The molecule has 0 aliphatic rings. The summed E-state index contributed by atoms with van der Waals surface area (Å²) in [7, 11) is 0. The summed E-state index contributed by atoms with van der Waals surface area (Å²) in [6.07, 6.45) is 91.5. The van der Waals surface area contributed by atoms with Crippen molar-refractivity contribution in [1.29, 1.82) is 0 Å². The third kappa shape index (κ3) is 69.6.